The molecule has 12 rings (SSSR count). The number of aryl methyl sites for hydroxylation is 2. The predicted molar refractivity (Wildman–Crippen MR) is 407 cm³/mol. The normalized spacial score (nSPS) is 18.7. The third-order valence-corrected chi connectivity index (χ3v) is 25.3. The van der Waals surface area contributed by atoms with Crippen molar-refractivity contribution in [3.05, 3.63) is 323 Å². The zero-order valence-corrected chi connectivity index (χ0v) is 62.1. The van der Waals surface area contributed by atoms with E-state index in [1.165, 1.54) is 36.8 Å². The van der Waals surface area contributed by atoms with Gasteiger partial charge in [-0.1, -0.05) is 286 Å². The van der Waals surface area contributed by atoms with E-state index in [2.05, 4.69) is 177 Å². The number of methoxy groups -OCH3 is 2. The highest BCUT2D eigenvalue weighted by molar-refractivity contribution is 7.99. The molecule has 0 spiro atoms. The number of benzene rings is 10. The molecule has 2 saturated heterocycles. The molecule has 10 aromatic carbocycles. The highest BCUT2D eigenvalue weighted by Crippen LogP contribution is 2.65. The first-order valence-corrected chi connectivity index (χ1v) is 38.9. The summed E-state index contributed by atoms with van der Waals surface area (Å²) in [6.07, 6.45) is 5.54. The monoisotopic (exact) mass is 1380 g/mol. The standard InChI is InChI=1S/2C40H41NO3S2.C6H14/c2*1-28-16-26-35(27-17-28)46(42,43)41-37(29-12-8-6-9-13-29)36(38(41)30-14-10-7-11-15-30)39(31-18-22-33(44-5)23-19-31)45-34-24-20-32(21-25-34)40(2,3)4;1-3-5-6-4-2/h2*6-27,36-39H,1-5H3;3-6H2,1-2H3/t2*36?,37-,38+,39-;/m11./s1. The third kappa shape index (κ3) is 17.0. The molecule has 8 atom stereocenters. The highest BCUT2D eigenvalue weighted by atomic mass is 32.2. The zero-order chi connectivity index (χ0) is 69.8. The fourth-order valence-corrected chi connectivity index (χ4v) is 19.7. The molecule has 2 aliphatic rings. The highest BCUT2D eigenvalue weighted by Gasteiger charge is 2.60. The van der Waals surface area contributed by atoms with Crippen LogP contribution in [0.1, 0.15) is 171 Å². The summed E-state index contributed by atoms with van der Waals surface area (Å²) < 4.78 is 73.2. The molecule has 0 aromatic heterocycles. The van der Waals surface area contributed by atoms with Gasteiger partial charge in [0.05, 0.1) is 48.2 Å². The van der Waals surface area contributed by atoms with Gasteiger partial charge in [-0.2, -0.15) is 8.61 Å². The summed E-state index contributed by atoms with van der Waals surface area (Å²) in [6, 6.07) is 87.5. The lowest BCUT2D eigenvalue weighted by molar-refractivity contribution is 0.0145. The largest absolute Gasteiger partial charge is 0.497 e. The van der Waals surface area contributed by atoms with Crippen LogP contribution in [0.4, 0.5) is 0 Å². The smallest absolute Gasteiger partial charge is 0.244 e. The summed E-state index contributed by atoms with van der Waals surface area (Å²) in [5.74, 6) is 1.42. The number of rotatable bonds is 21. The maximum Gasteiger partial charge on any atom is 0.244 e. The van der Waals surface area contributed by atoms with Crippen molar-refractivity contribution in [3.8, 4) is 11.5 Å². The first-order valence-electron chi connectivity index (χ1n) is 34.3. The van der Waals surface area contributed by atoms with Crippen LogP contribution in [-0.4, -0.2) is 39.7 Å². The van der Waals surface area contributed by atoms with Crippen molar-refractivity contribution in [2.75, 3.05) is 14.2 Å². The topological polar surface area (TPSA) is 93.2 Å². The molecule has 12 heteroatoms. The molecule has 0 saturated carbocycles. The lowest BCUT2D eigenvalue weighted by Crippen LogP contribution is -2.56. The molecule has 98 heavy (non-hydrogen) atoms. The van der Waals surface area contributed by atoms with Crippen molar-refractivity contribution in [2.24, 2.45) is 11.8 Å². The number of unbranched alkanes of at least 4 members (excludes halogenated alkanes) is 3. The lowest BCUT2D eigenvalue weighted by Gasteiger charge is -2.57. The van der Waals surface area contributed by atoms with Gasteiger partial charge in [-0.3, -0.25) is 0 Å². The van der Waals surface area contributed by atoms with Crippen molar-refractivity contribution in [1.29, 1.82) is 0 Å². The Balaban J connectivity index is 0.000000196. The summed E-state index contributed by atoms with van der Waals surface area (Å²) in [6.45, 7) is 21.8. The number of nitrogens with zero attached hydrogens (tertiary/aromatic N) is 2. The molecular formula is C86H96N2O6S4. The van der Waals surface area contributed by atoms with Crippen molar-refractivity contribution >= 4 is 43.6 Å². The number of ether oxygens (including phenoxy) is 2. The van der Waals surface area contributed by atoms with E-state index in [0.717, 1.165) is 65.8 Å². The SMILES string of the molecule is CCCCCC.COc1ccc([C@@H](Sc2ccc(C(C)(C)C)cc2)C2[C@@H](c3ccccc3)N(S(=O)(=O)c3ccc(C)cc3)[C@H]2c2ccccc2)cc1.COc1ccc([C@@H](Sc2ccc(C(C)(C)C)cc2)C2[C@@H](c3ccccc3)N(S(=O)(=O)c3ccc(C)cc3)[C@H]2c2ccccc2)cc1. The van der Waals surface area contributed by atoms with Crippen molar-refractivity contribution in [2.45, 2.75) is 160 Å². The fraction of sp³-hybridized carbons (Fsp3) is 0.302. The maximum absolute atomic E-state index is 14.7. The summed E-state index contributed by atoms with van der Waals surface area (Å²) in [5.41, 5.74) is 10.9. The summed E-state index contributed by atoms with van der Waals surface area (Å²) in [5, 5.41) is -0.127. The van der Waals surface area contributed by atoms with Crippen LogP contribution in [0.2, 0.25) is 0 Å². The second-order valence-corrected chi connectivity index (χ2v) is 33.9. The van der Waals surface area contributed by atoms with Crippen LogP contribution in [0.25, 0.3) is 0 Å². The van der Waals surface area contributed by atoms with Gasteiger partial charge in [0.15, 0.2) is 0 Å². The quantitative estimate of drug-likeness (QED) is 0.0519. The van der Waals surface area contributed by atoms with Crippen LogP contribution < -0.4 is 9.47 Å². The van der Waals surface area contributed by atoms with Crippen LogP contribution in [-0.2, 0) is 30.9 Å². The Morgan fingerprint density at radius 3 is 0.867 bits per heavy atom. The number of sulfonamides is 2. The van der Waals surface area contributed by atoms with Crippen molar-refractivity contribution in [1.82, 2.24) is 8.61 Å². The summed E-state index contributed by atoms with van der Waals surface area (Å²) in [7, 11) is -4.38. The Labute approximate surface area is 594 Å². The predicted octanol–water partition coefficient (Wildman–Crippen LogP) is 22.5. The van der Waals surface area contributed by atoms with Crippen LogP contribution in [0.5, 0.6) is 11.5 Å². The first-order chi connectivity index (χ1) is 47.1. The average Bonchev–Trinajstić information content (AvgIpc) is 0.709. The van der Waals surface area contributed by atoms with E-state index in [9.17, 15) is 16.8 Å². The molecule has 2 heterocycles. The van der Waals surface area contributed by atoms with Crippen molar-refractivity contribution in [3.63, 3.8) is 0 Å². The molecule has 0 N–H and O–H groups in total. The molecular weight excluding hydrogens is 1290 g/mol. The zero-order valence-electron chi connectivity index (χ0n) is 58.8. The van der Waals surface area contributed by atoms with E-state index < -0.39 is 20.0 Å². The Kier molecular flexibility index (Phi) is 24.3. The number of hydrogen-bond acceptors (Lipinski definition) is 8. The number of thioether (sulfide) groups is 2. The molecule has 0 amide bonds. The first kappa shape index (κ1) is 73.0. The second kappa shape index (κ2) is 32.5. The van der Waals surface area contributed by atoms with E-state index >= 15 is 0 Å². The molecule has 0 radical (unpaired) electrons. The van der Waals surface area contributed by atoms with E-state index in [4.69, 9.17) is 9.47 Å². The van der Waals surface area contributed by atoms with Gasteiger partial charge >= 0.3 is 0 Å². The third-order valence-electron chi connectivity index (χ3n) is 18.8. The van der Waals surface area contributed by atoms with Gasteiger partial charge in [-0.15, -0.1) is 23.5 Å². The minimum atomic E-state index is -3.86. The van der Waals surface area contributed by atoms with Gasteiger partial charge < -0.3 is 9.47 Å². The van der Waals surface area contributed by atoms with Crippen LogP contribution >= 0.6 is 23.5 Å². The van der Waals surface area contributed by atoms with Crippen LogP contribution in [0.3, 0.4) is 0 Å². The Hall–Kier alpha value is -7.68. The molecule has 510 valence electrons. The second-order valence-electron chi connectivity index (χ2n) is 27.8. The Bertz CT molecular complexity index is 3960. The van der Waals surface area contributed by atoms with E-state index in [1.54, 1.807) is 70.6 Å². The fourth-order valence-electron chi connectivity index (χ4n) is 13.4. The molecule has 0 bridgehead atoms. The minimum absolute atomic E-state index is 0.0498. The van der Waals surface area contributed by atoms with Crippen LogP contribution in [0.15, 0.2) is 287 Å². The Morgan fingerprint density at radius 2 is 0.633 bits per heavy atom. The molecule has 8 nitrogen and oxygen atoms in total. The molecule has 0 aliphatic carbocycles. The van der Waals surface area contributed by atoms with Gasteiger partial charge in [0.2, 0.25) is 20.0 Å². The maximum atomic E-state index is 14.7. The average molecular weight is 1380 g/mol. The Morgan fingerprint density at radius 1 is 0.367 bits per heavy atom. The van der Waals surface area contributed by atoms with Gasteiger partial charge in [-0.05, 0) is 142 Å². The van der Waals surface area contributed by atoms with Gasteiger partial charge in [-0.25, -0.2) is 16.8 Å². The minimum Gasteiger partial charge on any atom is -0.497 e. The molecule has 2 aliphatic heterocycles. The summed E-state index contributed by atoms with van der Waals surface area (Å²) >= 11 is 3.61. The molecule has 10 aromatic rings. The molecule has 2 unspecified atom stereocenters. The number of hydrogen-bond donors (Lipinski definition) is 0. The van der Waals surface area contributed by atoms with Gasteiger partial charge in [0.25, 0.3) is 0 Å². The summed E-state index contributed by atoms with van der Waals surface area (Å²) in [4.78, 5) is 2.91. The van der Waals surface area contributed by atoms with E-state index in [1.807, 2.05) is 135 Å². The van der Waals surface area contributed by atoms with Gasteiger partial charge in [0.1, 0.15) is 11.5 Å². The van der Waals surface area contributed by atoms with E-state index in [-0.39, 0.29) is 57.3 Å². The van der Waals surface area contributed by atoms with Crippen LogP contribution in [0, 0.1) is 25.7 Å². The van der Waals surface area contributed by atoms with E-state index in [0.29, 0.717) is 9.79 Å². The van der Waals surface area contributed by atoms with Crippen molar-refractivity contribution < 1.29 is 26.3 Å². The molecule has 2 fully saturated rings. The lowest BCUT2D eigenvalue weighted by atomic mass is 9.72. The van der Waals surface area contributed by atoms with Gasteiger partial charge in [0, 0.05) is 32.1 Å².